The smallest absolute Gasteiger partial charge is 0.153 e. The van der Waals surface area contributed by atoms with E-state index in [0.29, 0.717) is 0 Å². The second-order valence-corrected chi connectivity index (χ2v) is 5.13. The minimum atomic E-state index is -0.471. The Kier molecular flexibility index (Phi) is 3.59. The molecule has 3 nitrogen and oxygen atoms in total. The van der Waals surface area contributed by atoms with Gasteiger partial charge in [0.1, 0.15) is 11.3 Å². The number of aliphatic hydroxyl groups is 1. The molecule has 1 heterocycles. The molecule has 1 N–H and O–H groups in total. The van der Waals surface area contributed by atoms with Crippen molar-refractivity contribution >= 4 is 10.9 Å². The number of fused-ring (bicyclic) bond motifs is 1. The summed E-state index contributed by atoms with van der Waals surface area (Å²) in [7, 11) is 0. The van der Waals surface area contributed by atoms with E-state index < -0.39 is 6.10 Å². The van der Waals surface area contributed by atoms with Gasteiger partial charge < -0.3 is 9.84 Å². The largest absolute Gasteiger partial charge is 0.455 e. The molecule has 3 heteroatoms. The summed E-state index contributed by atoms with van der Waals surface area (Å²) in [5.74, 6) is 1.47. The first-order valence-corrected chi connectivity index (χ1v) is 6.96. The summed E-state index contributed by atoms with van der Waals surface area (Å²) < 4.78 is 5.94. The van der Waals surface area contributed by atoms with Crippen molar-refractivity contribution in [3.8, 4) is 11.5 Å². The fourth-order valence-corrected chi connectivity index (χ4v) is 2.24. The van der Waals surface area contributed by atoms with E-state index in [1.54, 1.807) is 6.92 Å². The molecule has 0 fully saturated rings. The molecular weight excluding hydrogens is 262 g/mol. The van der Waals surface area contributed by atoms with Gasteiger partial charge in [0.2, 0.25) is 0 Å². The Labute approximate surface area is 123 Å². The van der Waals surface area contributed by atoms with Crippen LogP contribution < -0.4 is 4.74 Å². The Balaban J connectivity index is 1.96. The lowest BCUT2D eigenvalue weighted by Crippen LogP contribution is -1.92. The maximum absolute atomic E-state index is 9.53. The van der Waals surface area contributed by atoms with Gasteiger partial charge >= 0.3 is 0 Å². The fraction of sp³-hybridized carbons (Fsp3) is 0.167. The standard InChI is InChI=1S/C18H17NO2/c1-12-6-7-15-4-3-5-17(18(15)19-12)21-16-10-8-14(9-11-16)13(2)20/h3-11,13,20H,1-2H3/t13-/m1/s1. The van der Waals surface area contributed by atoms with Gasteiger partial charge in [-0.15, -0.1) is 0 Å². The number of aromatic nitrogens is 1. The molecule has 3 aromatic rings. The van der Waals surface area contributed by atoms with Crippen LogP contribution in [0, 0.1) is 6.92 Å². The van der Waals surface area contributed by atoms with Crippen molar-refractivity contribution in [2.75, 3.05) is 0 Å². The lowest BCUT2D eigenvalue weighted by Gasteiger charge is -2.10. The first kappa shape index (κ1) is 13.6. The van der Waals surface area contributed by atoms with Crippen LogP contribution >= 0.6 is 0 Å². The zero-order valence-corrected chi connectivity index (χ0v) is 12.1. The van der Waals surface area contributed by atoms with Gasteiger partial charge in [-0.2, -0.15) is 0 Å². The Morgan fingerprint density at radius 2 is 1.76 bits per heavy atom. The number of benzene rings is 2. The molecule has 0 amide bonds. The Hall–Kier alpha value is -2.39. The van der Waals surface area contributed by atoms with Crippen molar-refractivity contribution < 1.29 is 9.84 Å². The quantitative estimate of drug-likeness (QED) is 0.773. The summed E-state index contributed by atoms with van der Waals surface area (Å²) in [6.07, 6.45) is -0.471. The normalized spacial score (nSPS) is 12.3. The van der Waals surface area contributed by atoms with Gasteiger partial charge in [0.25, 0.3) is 0 Å². The molecule has 21 heavy (non-hydrogen) atoms. The molecule has 0 saturated carbocycles. The molecule has 3 rings (SSSR count). The van der Waals surface area contributed by atoms with E-state index in [0.717, 1.165) is 33.7 Å². The first-order chi connectivity index (χ1) is 10.1. The number of aryl methyl sites for hydroxylation is 1. The maximum atomic E-state index is 9.53. The monoisotopic (exact) mass is 279 g/mol. The molecule has 106 valence electrons. The van der Waals surface area contributed by atoms with Crippen LogP contribution in [0.1, 0.15) is 24.3 Å². The van der Waals surface area contributed by atoms with Crippen molar-refractivity contribution in [1.29, 1.82) is 0 Å². The van der Waals surface area contributed by atoms with Crippen molar-refractivity contribution in [1.82, 2.24) is 4.98 Å². The van der Waals surface area contributed by atoms with Crippen molar-refractivity contribution in [2.45, 2.75) is 20.0 Å². The zero-order chi connectivity index (χ0) is 14.8. The van der Waals surface area contributed by atoms with Crippen LogP contribution in [-0.2, 0) is 0 Å². The molecule has 0 unspecified atom stereocenters. The van der Waals surface area contributed by atoms with E-state index in [1.807, 2.05) is 61.5 Å². The Bertz CT molecular complexity index is 764. The third kappa shape index (κ3) is 2.88. The minimum Gasteiger partial charge on any atom is -0.455 e. The molecule has 0 saturated heterocycles. The number of aliphatic hydroxyl groups excluding tert-OH is 1. The van der Waals surface area contributed by atoms with Crippen LogP contribution in [0.25, 0.3) is 10.9 Å². The average Bonchev–Trinajstić information content (AvgIpc) is 2.48. The van der Waals surface area contributed by atoms with Crippen LogP contribution in [-0.4, -0.2) is 10.1 Å². The summed E-state index contributed by atoms with van der Waals surface area (Å²) in [6.45, 7) is 3.71. The topological polar surface area (TPSA) is 42.4 Å². The Morgan fingerprint density at radius 1 is 1.00 bits per heavy atom. The van der Waals surface area contributed by atoms with Crippen LogP contribution in [0.5, 0.6) is 11.5 Å². The number of rotatable bonds is 3. The SMILES string of the molecule is Cc1ccc2cccc(Oc3ccc([C@@H](C)O)cc3)c2n1. The number of nitrogens with zero attached hydrogens (tertiary/aromatic N) is 1. The van der Waals surface area contributed by atoms with Gasteiger partial charge in [-0.25, -0.2) is 4.98 Å². The number of pyridine rings is 1. The predicted molar refractivity (Wildman–Crippen MR) is 83.6 cm³/mol. The molecule has 0 aliphatic rings. The van der Waals surface area contributed by atoms with E-state index in [1.165, 1.54) is 0 Å². The highest BCUT2D eigenvalue weighted by atomic mass is 16.5. The van der Waals surface area contributed by atoms with Crippen molar-refractivity contribution in [3.63, 3.8) is 0 Å². The third-order valence-electron chi connectivity index (χ3n) is 3.41. The van der Waals surface area contributed by atoms with Gasteiger partial charge in [-0.3, -0.25) is 0 Å². The van der Waals surface area contributed by atoms with E-state index in [2.05, 4.69) is 4.98 Å². The first-order valence-electron chi connectivity index (χ1n) is 6.96. The molecule has 2 aromatic carbocycles. The highest BCUT2D eigenvalue weighted by molar-refractivity contribution is 5.84. The highest BCUT2D eigenvalue weighted by Gasteiger charge is 2.06. The molecule has 0 aliphatic carbocycles. The van der Waals surface area contributed by atoms with Crippen molar-refractivity contribution in [3.05, 3.63) is 65.9 Å². The lowest BCUT2D eigenvalue weighted by atomic mass is 10.1. The summed E-state index contributed by atoms with van der Waals surface area (Å²) in [6, 6.07) is 17.4. The van der Waals surface area contributed by atoms with Gasteiger partial charge in [0.05, 0.1) is 6.10 Å². The second-order valence-electron chi connectivity index (χ2n) is 5.13. The van der Waals surface area contributed by atoms with Crippen LogP contribution in [0.2, 0.25) is 0 Å². The molecule has 1 aromatic heterocycles. The average molecular weight is 279 g/mol. The third-order valence-corrected chi connectivity index (χ3v) is 3.41. The molecule has 0 aliphatic heterocycles. The molecule has 0 radical (unpaired) electrons. The molecular formula is C18H17NO2. The zero-order valence-electron chi connectivity index (χ0n) is 12.1. The molecule has 0 spiro atoms. The predicted octanol–water partition coefficient (Wildman–Crippen LogP) is 4.39. The van der Waals surface area contributed by atoms with E-state index >= 15 is 0 Å². The van der Waals surface area contributed by atoms with Crippen LogP contribution in [0.15, 0.2) is 54.6 Å². The second kappa shape index (κ2) is 5.54. The van der Waals surface area contributed by atoms with E-state index in [-0.39, 0.29) is 0 Å². The van der Waals surface area contributed by atoms with Gasteiger partial charge in [-0.1, -0.05) is 30.3 Å². The van der Waals surface area contributed by atoms with Crippen LogP contribution in [0.4, 0.5) is 0 Å². The minimum absolute atomic E-state index is 0.471. The van der Waals surface area contributed by atoms with Crippen LogP contribution in [0.3, 0.4) is 0 Å². The number of para-hydroxylation sites is 1. The maximum Gasteiger partial charge on any atom is 0.153 e. The number of ether oxygens (including phenoxy) is 1. The summed E-state index contributed by atoms with van der Waals surface area (Å²) in [5, 5.41) is 10.6. The van der Waals surface area contributed by atoms with Gasteiger partial charge in [-0.05, 0) is 43.7 Å². The summed E-state index contributed by atoms with van der Waals surface area (Å²) >= 11 is 0. The summed E-state index contributed by atoms with van der Waals surface area (Å²) in [4.78, 5) is 4.55. The molecule has 0 bridgehead atoms. The summed E-state index contributed by atoms with van der Waals surface area (Å²) in [5.41, 5.74) is 2.69. The number of hydrogen-bond acceptors (Lipinski definition) is 3. The van der Waals surface area contributed by atoms with Gasteiger partial charge in [0.15, 0.2) is 5.75 Å². The Morgan fingerprint density at radius 3 is 2.48 bits per heavy atom. The fourth-order valence-electron chi connectivity index (χ4n) is 2.24. The van der Waals surface area contributed by atoms with Gasteiger partial charge in [0, 0.05) is 11.1 Å². The van der Waals surface area contributed by atoms with E-state index in [4.69, 9.17) is 4.74 Å². The molecule has 1 atom stereocenters. The van der Waals surface area contributed by atoms with E-state index in [9.17, 15) is 5.11 Å². The lowest BCUT2D eigenvalue weighted by molar-refractivity contribution is 0.199. The highest BCUT2D eigenvalue weighted by Crippen LogP contribution is 2.29. The number of hydrogen-bond donors (Lipinski definition) is 1. The van der Waals surface area contributed by atoms with Crippen molar-refractivity contribution in [2.24, 2.45) is 0 Å².